The molecule has 0 bridgehead atoms. The molecule has 3 N–H and O–H groups in total. The van der Waals surface area contributed by atoms with E-state index in [4.69, 9.17) is 14.2 Å². The molecule has 20 heavy (non-hydrogen) atoms. The fraction of sp³-hybridized carbons (Fsp3) is 0.571. The monoisotopic (exact) mass is 284 g/mol. The Morgan fingerprint density at radius 2 is 1.85 bits per heavy atom. The zero-order valence-electron chi connectivity index (χ0n) is 11.3. The van der Waals surface area contributed by atoms with E-state index in [1.807, 2.05) is 30.3 Å². The van der Waals surface area contributed by atoms with Gasteiger partial charge in [0.25, 0.3) is 0 Å². The van der Waals surface area contributed by atoms with Crippen LogP contribution >= 0.6 is 0 Å². The zero-order chi connectivity index (χ0) is 14.5. The molecule has 6 heteroatoms. The molecule has 0 aromatic heterocycles. The fourth-order valence-electron chi connectivity index (χ4n) is 2.21. The van der Waals surface area contributed by atoms with E-state index in [0.29, 0.717) is 0 Å². The maximum atomic E-state index is 10.1. The molecule has 0 spiro atoms. The fourth-order valence-corrected chi connectivity index (χ4v) is 2.21. The van der Waals surface area contributed by atoms with Gasteiger partial charge in [0.15, 0.2) is 6.29 Å². The Labute approximate surface area is 117 Å². The number of methoxy groups -OCH3 is 1. The molecule has 0 saturated carbocycles. The van der Waals surface area contributed by atoms with E-state index < -0.39 is 30.7 Å². The van der Waals surface area contributed by atoms with Crippen LogP contribution < -0.4 is 0 Å². The lowest BCUT2D eigenvalue weighted by molar-refractivity contribution is -0.303. The van der Waals surface area contributed by atoms with Gasteiger partial charge in [0.05, 0.1) is 13.2 Å². The summed E-state index contributed by atoms with van der Waals surface area (Å²) in [5, 5.41) is 29.3. The van der Waals surface area contributed by atoms with Crippen molar-refractivity contribution in [3.63, 3.8) is 0 Å². The quantitative estimate of drug-likeness (QED) is 0.685. The van der Waals surface area contributed by atoms with Crippen LogP contribution in [0.4, 0.5) is 0 Å². The minimum atomic E-state index is -1.12. The highest BCUT2D eigenvalue weighted by Crippen LogP contribution is 2.24. The minimum Gasteiger partial charge on any atom is -0.394 e. The van der Waals surface area contributed by atoms with Crippen molar-refractivity contribution in [2.75, 3.05) is 13.7 Å². The Bertz CT molecular complexity index is 382. The smallest absolute Gasteiger partial charge is 0.186 e. The number of aliphatic hydroxyl groups is 3. The van der Waals surface area contributed by atoms with E-state index in [2.05, 4.69) is 0 Å². The molecule has 1 saturated heterocycles. The number of benzene rings is 1. The van der Waals surface area contributed by atoms with E-state index in [-0.39, 0.29) is 13.2 Å². The molecule has 1 aromatic rings. The van der Waals surface area contributed by atoms with Crippen molar-refractivity contribution in [3.05, 3.63) is 35.9 Å². The van der Waals surface area contributed by atoms with Gasteiger partial charge in [0.1, 0.15) is 24.4 Å². The van der Waals surface area contributed by atoms with Crippen LogP contribution in [-0.2, 0) is 20.8 Å². The summed E-state index contributed by atoms with van der Waals surface area (Å²) in [4.78, 5) is 0. The van der Waals surface area contributed by atoms with Crippen LogP contribution in [0.2, 0.25) is 0 Å². The highest BCUT2D eigenvalue weighted by Gasteiger charge is 2.45. The second-order valence-corrected chi connectivity index (χ2v) is 4.70. The van der Waals surface area contributed by atoms with Gasteiger partial charge in [-0.25, -0.2) is 0 Å². The summed E-state index contributed by atoms with van der Waals surface area (Å²) in [5.74, 6) is 0. The van der Waals surface area contributed by atoms with Crippen molar-refractivity contribution < 1.29 is 29.5 Å². The van der Waals surface area contributed by atoms with E-state index >= 15 is 0 Å². The topological polar surface area (TPSA) is 88.4 Å². The van der Waals surface area contributed by atoms with Crippen LogP contribution in [0.15, 0.2) is 30.3 Å². The van der Waals surface area contributed by atoms with Gasteiger partial charge in [-0.1, -0.05) is 30.3 Å². The SMILES string of the molecule is COC1OC(CO)C(O)C(OCc2ccccc2)C1O. The summed E-state index contributed by atoms with van der Waals surface area (Å²) in [5.41, 5.74) is 0.924. The highest BCUT2D eigenvalue weighted by atomic mass is 16.7. The number of hydrogen-bond donors (Lipinski definition) is 3. The van der Waals surface area contributed by atoms with Crippen molar-refractivity contribution in [1.29, 1.82) is 0 Å². The first-order chi connectivity index (χ1) is 9.67. The number of hydrogen-bond acceptors (Lipinski definition) is 6. The average molecular weight is 284 g/mol. The molecule has 1 aliphatic rings. The van der Waals surface area contributed by atoms with Gasteiger partial charge in [-0.05, 0) is 5.56 Å². The first-order valence-corrected chi connectivity index (χ1v) is 6.48. The molecule has 112 valence electrons. The third-order valence-electron chi connectivity index (χ3n) is 3.34. The summed E-state index contributed by atoms with van der Waals surface area (Å²) in [6.07, 6.45) is -4.90. The van der Waals surface area contributed by atoms with Gasteiger partial charge < -0.3 is 29.5 Å². The van der Waals surface area contributed by atoms with Crippen molar-refractivity contribution in [2.45, 2.75) is 37.3 Å². The van der Waals surface area contributed by atoms with Gasteiger partial charge in [0.2, 0.25) is 0 Å². The third kappa shape index (κ3) is 3.35. The van der Waals surface area contributed by atoms with Gasteiger partial charge in [-0.2, -0.15) is 0 Å². The third-order valence-corrected chi connectivity index (χ3v) is 3.34. The molecule has 1 aliphatic heterocycles. The maximum absolute atomic E-state index is 10.1. The molecule has 2 rings (SSSR count). The molecule has 0 radical (unpaired) electrons. The van der Waals surface area contributed by atoms with Gasteiger partial charge in [0, 0.05) is 7.11 Å². The van der Waals surface area contributed by atoms with Crippen LogP contribution in [0.1, 0.15) is 5.56 Å². The summed E-state index contributed by atoms with van der Waals surface area (Å²) >= 11 is 0. The largest absolute Gasteiger partial charge is 0.394 e. The second kappa shape index (κ2) is 7.12. The summed E-state index contributed by atoms with van der Waals surface area (Å²) in [6, 6.07) is 9.42. The first kappa shape index (κ1) is 15.4. The molecule has 0 aliphatic carbocycles. The lowest BCUT2D eigenvalue weighted by Gasteiger charge is -2.41. The Hall–Kier alpha value is -1.02. The Morgan fingerprint density at radius 1 is 1.15 bits per heavy atom. The van der Waals surface area contributed by atoms with Crippen LogP contribution in [-0.4, -0.2) is 59.7 Å². The zero-order valence-corrected chi connectivity index (χ0v) is 11.3. The molecule has 1 heterocycles. The average Bonchev–Trinajstić information content (AvgIpc) is 2.48. The normalized spacial score (nSPS) is 34.1. The molecular formula is C14H20O6. The van der Waals surface area contributed by atoms with Crippen LogP contribution in [0.3, 0.4) is 0 Å². The Kier molecular flexibility index (Phi) is 5.47. The maximum Gasteiger partial charge on any atom is 0.186 e. The van der Waals surface area contributed by atoms with Crippen molar-refractivity contribution in [1.82, 2.24) is 0 Å². The van der Waals surface area contributed by atoms with E-state index in [0.717, 1.165) is 5.56 Å². The molecular weight excluding hydrogens is 264 g/mol. The first-order valence-electron chi connectivity index (χ1n) is 6.48. The standard InChI is InChI=1S/C14H20O6/c1-18-14-12(17)13(11(16)10(7-15)20-14)19-8-9-5-3-2-4-6-9/h2-6,10-17H,7-8H2,1H3. The highest BCUT2D eigenvalue weighted by molar-refractivity contribution is 5.13. The molecule has 5 atom stereocenters. The lowest BCUT2D eigenvalue weighted by Crippen LogP contribution is -2.59. The summed E-state index contributed by atoms with van der Waals surface area (Å²) in [7, 11) is 1.38. The van der Waals surface area contributed by atoms with Crippen LogP contribution in [0, 0.1) is 0 Å². The lowest BCUT2D eigenvalue weighted by atomic mass is 9.99. The Morgan fingerprint density at radius 3 is 2.45 bits per heavy atom. The predicted octanol–water partition coefficient (Wildman–Crippen LogP) is -0.343. The van der Waals surface area contributed by atoms with E-state index in [9.17, 15) is 15.3 Å². The van der Waals surface area contributed by atoms with E-state index in [1.165, 1.54) is 7.11 Å². The Balaban J connectivity index is 2.02. The number of rotatable bonds is 5. The molecule has 5 unspecified atom stereocenters. The van der Waals surface area contributed by atoms with Gasteiger partial charge >= 0.3 is 0 Å². The minimum absolute atomic E-state index is 0.244. The molecule has 0 amide bonds. The predicted molar refractivity (Wildman–Crippen MR) is 69.8 cm³/mol. The van der Waals surface area contributed by atoms with Crippen LogP contribution in [0.25, 0.3) is 0 Å². The molecule has 1 fully saturated rings. The van der Waals surface area contributed by atoms with Gasteiger partial charge in [-0.15, -0.1) is 0 Å². The summed E-state index contributed by atoms with van der Waals surface area (Å²) < 4.78 is 15.8. The van der Waals surface area contributed by atoms with E-state index in [1.54, 1.807) is 0 Å². The van der Waals surface area contributed by atoms with Crippen molar-refractivity contribution in [3.8, 4) is 0 Å². The number of aliphatic hydroxyl groups excluding tert-OH is 3. The van der Waals surface area contributed by atoms with Crippen LogP contribution in [0.5, 0.6) is 0 Å². The summed E-state index contributed by atoms with van der Waals surface area (Å²) in [6.45, 7) is -0.132. The second-order valence-electron chi connectivity index (χ2n) is 4.70. The van der Waals surface area contributed by atoms with Crippen molar-refractivity contribution in [2.24, 2.45) is 0 Å². The van der Waals surface area contributed by atoms with Crippen molar-refractivity contribution >= 4 is 0 Å². The van der Waals surface area contributed by atoms with Gasteiger partial charge in [-0.3, -0.25) is 0 Å². The molecule has 1 aromatic carbocycles. The molecule has 6 nitrogen and oxygen atoms in total. The number of ether oxygens (including phenoxy) is 3.